The first-order valence-corrected chi connectivity index (χ1v) is 8.46. The van der Waals surface area contributed by atoms with Crippen molar-refractivity contribution in [2.75, 3.05) is 13.7 Å². The number of aliphatic imine (C=N–C) groups is 1. The Morgan fingerprint density at radius 3 is 2.44 bits per heavy atom. The van der Waals surface area contributed by atoms with Crippen molar-refractivity contribution in [3.05, 3.63) is 66.2 Å². The Bertz CT molecular complexity index is 973. The topological polar surface area (TPSA) is 30.8 Å². The summed E-state index contributed by atoms with van der Waals surface area (Å²) in [7, 11) is 1.69. The molecule has 25 heavy (non-hydrogen) atoms. The molecule has 1 heterocycles. The molecule has 0 fully saturated rings. The van der Waals surface area contributed by atoms with Gasteiger partial charge in [0, 0.05) is 5.56 Å². The monoisotopic (exact) mass is 331 g/mol. The molecule has 0 saturated carbocycles. The summed E-state index contributed by atoms with van der Waals surface area (Å²) >= 11 is 0. The standard InChI is InChI=1S/C22H21NO2/c1-22(2)14-25-21(23-22)19-11-10-18(24-3)13-20(19)17-9-8-15-6-4-5-7-16(15)12-17/h4-13H,14H2,1-3H3. The van der Waals surface area contributed by atoms with Crippen LogP contribution in [0.25, 0.3) is 21.9 Å². The highest BCUT2D eigenvalue weighted by molar-refractivity contribution is 6.03. The predicted octanol–water partition coefficient (Wildman–Crippen LogP) is 5.07. The van der Waals surface area contributed by atoms with Gasteiger partial charge in [0.25, 0.3) is 0 Å². The molecule has 3 nitrogen and oxygen atoms in total. The lowest BCUT2D eigenvalue weighted by Crippen LogP contribution is -2.17. The van der Waals surface area contributed by atoms with Gasteiger partial charge in [0.05, 0.1) is 12.6 Å². The van der Waals surface area contributed by atoms with E-state index >= 15 is 0 Å². The van der Waals surface area contributed by atoms with Crippen molar-refractivity contribution >= 4 is 16.7 Å². The summed E-state index contributed by atoms with van der Waals surface area (Å²) in [5, 5.41) is 2.44. The number of nitrogens with zero attached hydrogens (tertiary/aromatic N) is 1. The first-order valence-electron chi connectivity index (χ1n) is 8.46. The smallest absolute Gasteiger partial charge is 0.217 e. The minimum Gasteiger partial charge on any atom is -0.497 e. The summed E-state index contributed by atoms with van der Waals surface area (Å²) in [6, 6.07) is 20.9. The molecule has 0 spiro atoms. The Hall–Kier alpha value is -2.81. The van der Waals surface area contributed by atoms with Gasteiger partial charge < -0.3 is 9.47 Å². The molecule has 3 aromatic carbocycles. The van der Waals surface area contributed by atoms with E-state index in [1.807, 2.05) is 12.1 Å². The molecule has 3 heteroatoms. The number of fused-ring (bicyclic) bond motifs is 1. The van der Waals surface area contributed by atoms with Gasteiger partial charge in [-0.2, -0.15) is 0 Å². The van der Waals surface area contributed by atoms with Gasteiger partial charge >= 0.3 is 0 Å². The number of rotatable bonds is 3. The molecular formula is C22H21NO2. The second kappa shape index (κ2) is 5.92. The lowest BCUT2D eigenvalue weighted by atomic mass is 9.96. The van der Waals surface area contributed by atoms with E-state index in [0.29, 0.717) is 12.5 Å². The van der Waals surface area contributed by atoms with Crippen LogP contribution in [0.2, 0.25) is 0 Å². The maximum Gasteiger partial charge on any atom is 0.217 e. The van der Waals surface area contributed by atoms with Crippen molar-refractivity contribution in [2.45, 2.75) is 19.4 Å². The largest absolute Gasteiger partial charge is 0.497 e. The first kappa shape index (κ1) is 15.7. The summed E-state index contributed by atoms with van der Waals surface area (Å²) < 4.78 is 11.3. The minimum absolute atomic E-state index is 0.185. The van der Waals surface area contributed by atoms with Gasteiger partial charge in [-0.15, -0.1) is 0 Å². The van der Waals surface area contributed by atoms with Gasteiger partial charge in [0.15, 0.2) is 0 Å². The molecule has 0 saturated heterocycles. The first-order chi connectivity index (χ1) is 12.1. The highest BCUT2D eigenvalue weighted by Gasteiger charge is 2.28. The van der Waals surface area contributed by atoms with E-state index < -0.39 is 0 Å². The normalized spacial score (nSPS) is 15.7. The van der Waals surface area contributed by atoms with Crippen LogP contribution in [0, 0.1) is 0 Å². The molecule has 126 valence electrons. The van der Waals surface area contributed by atoms with Gasteiger partial charge in [0.1, 0.15) is 12.4 Å². The zero-order valence-electron chi connectivity index (χ0n) is 14.7. The SMILES string of the molecule is COc1ccc(C2=NC(C)(C)CO2)c(-c2ccc3ccccc3c2)c1. The van der Waals surface area contributed by atoms with Gasteiger partial charge in [-0.25, -0.2) is 4.99 Å². The average molecular weight is 331 g/mol. The third kappa shape index (κ3) is 2.98. The molecule has 1 aliphatic rings. The molecule has 0 unspecified atom stereocenters. The fourth-order valence-electron chi connectivity index (χ4n) is 3.15. The third-order valence-corrected chi connectivity index (χ3v) is 4.48. The molecular weight excluding hydrogens is 310 g/mol. The van der Waals surface area contributed by atoms with E-state index in [0.717, 1.165) is 22.4 Å². The zero-order valence-corrected chi connectivity index (χ0v) is 14.7. The summed E-state index contributed by atoms with van der Waals surface area (Å²) in [6.07, 6.45) is 0. The van der Waals surface area contributed by atoms with Crippen molar-refractivity contribution in [3.63, 3.8) is 0 Å². The van der Waals surface area contributed by atoms with Crippen molar-refractivity contribution in [3.8, 4) is 16.9 Å². The van der Waals surface area contributed by atoms with Crippen LogP contribution in [0.3, 0.4) is 0 Å². The fraction of sp³-hybridized carbons (Fsp3) is 0.227. The Kier molecular flexibility index (Phi) is 3.72. The van der Waals surface area contributed by atoms with E-state index in [4.69, 9.17) is 14.5 Å². The molecule has 0 radical (unpaired) electrons. The van der Waals surface area contributed by atoms with Crippen molar-refractivity contribution in [1.82, 2.24) is 0 Å². The second-order valence-electron chi connectivity index (χ2n) is 6.99. The number of benzene rings is 3. The molecule has 3 aromatic rings. The number of hydrogen-bond acceptors (Lipinski definition) is 3. The van der Waals surface area contributed by atoms with Crippen LogP contribution in [0.1, 0.15) is 19.4 Å². The Morgan fingerprint density at radius 1 is 0.920 bits per heavy atom. The number of ether oxygens (including phenoxy) is 2. The summed E-state index contributed by atoms with van der Waals surface area (Å²) in [4.78, 5) is 4.75. The van der Waals surface area contributed by atoms with Crippen LogP contribution < -0.4 is 4.74 Å². The molecule has 0 aliphatic carbocycles. The third-order valence-electron chi connectivity index (χ3n) is 4.48. The Morgan fingerprint density at radius 2 is 1.72 bits per heavy atom. The van der Waals surface area contributed by atoms with Crippen molar-refractivity contribution in [1.29, 1.82) is 0 Å². The second-order valence-corrected chi connectivity index (χ2v) is 6.99. The van der Waals surface area contributed by atoms with Crippen LogP contribution in [0.4, 0.5) is 0 Å². The average Bonchev–Trinajstić information content (AvgIpc) is 3.00. The Balaban J connectivity index is 1.89. The van der Waals surface area contributed by atoms with E-state index in [9.17, 15) is 0 Å². The van der Waals surface area contributed by atoms with Gasteiger partial charge in [-0.1, -0.05) is 36.4 Å². The van der Waals surface area contributed by atoms with Gasteiger partial charge in [-0.05, 0) is 60.0 Å². The van der Waals surface area contributed by atoms with Gasteiger partial charge in [0.2, 0.25) is 5.90 Å². The summed E-state index contributed by atoms with van der Waals surface area (Å²) in [6.45, 7) is 4.77. The van der Waals surface area contributed by atoms with E-state index in [1.54, 1.807) is 7.11 Å². The van der Waals surface area contributed by atoms with E-state index in [1.165, 1.54) is 10.8 Å². The molecule has 0 atom stereocenters. The maximum atomic E-state index is 5.89. The van der Waals surface area contributed by atoms with Gasteiger partial charge in [-0.3, -0.25) is 0 Å². The van der Waals surface area contributed by atoms with Crippen molar-refractivity contribution in [2.24, 2.45) is 4.99 Å². The van der Waals surface area contributed by atoms with Crippen LogP contribution in [0.15, 0.2) is 65.7 Å². The van der Waals surface area contributed by atoms with Crippen LogP contribution >= 0.6 is 0 Å². The van der Waals surface area contributed by atoms with Crippen LogP contribution in [-0.4, -0.2) is 25.2 Å². The fourth-order valence-corrected chi connectivity index (χ4v) is 3.15. The van der Waals surface area contributed by atoms with Crippen LogP contribution in [0.5, 0.6) is 5.75 Å². The predicted molar refractivity (Wildman–Crippen MR) is 103 cm³/mol. The minimum atomic E-state index is -0.185. The van der Waals surface area contributed by atoms with Crippen LogP contribution in [-0.2, 0) is 4.74 Å². The summed E-state index contributed by atoms with van der Waals surface area (Å²) in [5.41, 5.74) is 3.02. The highest BCUT2D eigenvalue weighted by atomic mass is 16.5. The number of hydrogen-bond donors (Lipinski definition) is 0. The maximum absolute atomic E-state index is 5.89. The highest BCUT2D eigenvalue weighted by Crippen LogP contribution is 2.33. The molecule has 0 bridgehead atoms. The van der Waals surface area contributed by atoms with Crippen molar-refractivity contribution < 1.29 is 9.47 Å². The van der Waals surface area contributed by atoms with E-state index in [-0.39, 0.29) is 5.54 Å². The zero-order chi connectivity index (χ0) is 17.4. The lowest BCUT2D eigenvalue weighted by Gasteiger charge is -2.12. The van der Waals surface area contributed by atoms with E-state index in [2.05, 4.69) is 62.4 Å². The molecule has 0 aromatic heterocycles. The summed E-state index contributed by atoms with van der Waals surface area (Å²) in [5.74, 6) is 1.53. The molecule has 1 aliphatic heterocycles. The molecule has 0 amide bonds. The Labute approximate surface area is 147 Å². The quantitative estimate of drug-likeness (QED) is 0.671. The molecule has 0 N–H and O–H groups in total. The molecule has 4 rings (SSSR count). The lowest BCUT2D eigenvalue weighted by molar-refractivity contribution is 0.279. The number of methoxy groups -OCH3 is 1.